The third kappa shape index (κ3) is 4.29. The molecule has 14 aromatic rings. The maximum absolute atomic E-state index is 6.67. The van der Waals surface area contributed by atoms with Crippen molar-refractivity contribution in [3.63, 3.8) is 0 Å². The lowest BCUT2D eigenvalue weighted by atomic mass is 9.99. The molecular weight excluding hydrogens is 731 g/mol. The van der Waals surface area contributed by atoms with Gasteiger partial charge in [-0.15, -0.1) is 0 Å². The third-order valence-corrected chi connectivity index (χ3v) is 12.9. The first-order valence-corrected chi connectivity index (χ1v) is 20.6. The second kappa shape index (κ2) is 11.8. The molecule has 0 spiro atoms. The van der Waals surface area contributed by atoms with E-state index in [1.54, 1.807) is 0 Å². The van der Waals surface area contributed by atoms with E-state index >= 15 is 0 Å². The normalized spacial score (nSPS) is 12.3. The van der Waals surface area contributed by atoms with Gasteiger partial charge < -0.3 is 18.3 Å². The number of benzene rings is 10. The Labute approximate surface area is 343 Å². The molecule has 0 amide bonds. The molecule has 0 saturated heterocycles. The summed E-state index contributed by atoms with van der Waals surface area (Å²) in [6, 6.07) is 72.9. The summed E-state index contributed by atoms with van der Waals surface area (Å²) in [6.07, 6.45) is 0. The largest absolute Gasteiger partial charge is 0.456 e. The second-order valence-electron chi connectivity index (χ2n) is 16.1. The van der Waals surface area contributed by atoms with Gasteiger partial charge in [-0.05, 0) is 119 Å². The lowest BCUT2D eigenvalue weighted by molar-refractivity contribution is 0.669. The van der Waals surface area contributed by atoms with Crippen molar-refractivity contribution in [2.75, 3.05) is 4.90 Å². The average molecular weight is 764 g/mol. The molecule has 4 heterocycles. The van der Waals surface area contributed by atoms with Crippen LogP contribution in [0.1, 0.15) is 0 Å². The molecule has 0 bridgehead atoms. The highest BCUT2D eigenvalue weighted by atomic mass is 16.3. The van der Waals surface area contributed by atoms with Crippen molar-refractivity contribution in [2.45, 2.75) is 0 Å². The molecule has 0 fully saturated rings. The molecule has 0 atom stereocenters. The monoisotopic (exact) mass is 763 g/mol. The van der Waals surface area contributed by atoms with Gasteiger partial charge in [-0.3, -0.25) is 0 Å². The number of rotatable bonds is 4. The van der Waals surface area contributed by atoms with Crippen LogP contribution < -0.4 is 4.90 Å². The van der Waals surface area contributed by atoms with Gasteiger partial charge in [0, 0.05) is 65.8 Å². The lowest BCUT2D eigenvalue weighted by Crippen LogP contribution is -2.09. The van der Waals surface area contributed by atoms with Crippen LogP contribution in [-0.4, -0.2) is 8.97 Å². The van der Waals surface area contributed by atoms with Crippen LogP contribution in [0.15, 0.2) is 205 Å². The smallest absolute Gasteiger partial charge is 0.136 e. The van der Waals surface area contributed by atoms with E-state index in [9.17, 15) is 0 Å². The molecule has 14 rings (SSSR count). The molecule has 0 N–H and O–H groups in total. The van der Waals surface area contributed by atoms with Gasteiger partial charge in [-0.1, -0.05) is 103 Å². The number of para-hydroxylation sites is 5. The second-order valence-corrected chi connectivity index (χ2v) is 16.1. The van der Waals surface area contributed by atoms with Crippen LogP contribution in [0, 0.1) is 0 Å². The minimum absolute atomic E-state index is 0.913. The molecule has 0 radical (unpaired) electrons. The molecule has 60 heavy (non-hydrogen) atoms. The lowest BCUT2D eigenvalue weighted by Gasteiger charge is -2.25. The summed E-state index contributed by atoms with van der Waals surface area (Å²) in [4.78, 5) is 2.34. The van der Waals surface area contributed by atoms with E-state index in [0.717, 1.165) is 39.3 Å². The van der Waals surface area contributed by atoms with Crippen molar-refractivity contribution < 1.29 is 4.42 Å². The maximum atomic E-state index is 6.67. The van der Waals surface area contributed by atoms with Gasteiger partial charge in [-0.2, -0.15) is 0 Å². The van der Waals surface area contributed by atoms with Crippen molar-refractivity contribution in [2.24, 2.45) is 0 Å². The van der Waals surface area contributed by atoms with E-state index in [0.29, 0.717) is 0 Å². The topological polar surface area (TPSA) is 25.7 Å². The molecule has 0 unspecified atom stereocenters. The van der Waals surface area contributed by atoms with E-state index in [4.69, 9.17) is 4.42 Å². The first-order valence-electron chi connectivity index (χ1n) is 20.6. The highest BCUT2D eigenvalue weighted by molar-refractivity contribution is 6.36. The summed E-state index contributed by atoms with van der Waals surface area (Å²) < 4.78 is 11.6. The van der Waals surface area contributed by atoms with Crippen molar-refractivity contribution in [1.29, 1.82) is 0 Å². The minimum Gasteiger partial charge on any atom is -0.456 e. The molecular formula is C56H33N3O. The third-order valence-electron chi connectivity index (χ3n) is 12.9. The van der Waals surface area contributed by atoms with E-state index in [2.05, 4.69) is 214 Å². The minimum atomic E-state index is 0.913. The van der Waals surface area contributed by atoms with Crippen molar-refractivity contribution in [3.05, 3.63) is 200 Å². The van der Waals surface area contributed by atoms with Gasteiger partial charge in [0.1, 0.15) is 11.2 Å². The van der Waals surface area contributed by atoms with Crippen molar-refractivity contribution in [1.82, 2.24) is 8.97 Å². The standard InChI is InChI=1S/C56H33N3O/c1-3-13-38(14-4-1)57(39-15-5-2-6-16-39)40-25-23-35-30-47-51(32-36(35)27-40)59-50-31-37-28-41(58-48-20-10-7-17-42(48)43-18-8-11-21-49(43)58)26-24-34(37)29-45(50)46-33-53-54(55(47)56(46)59)44-19-9-12-22-52(44)60-53/h1-33H. The van der Waals surface area contributed by atoms with Crippen LogP contribution >= 0.6 is 0 Å². The van der Waals surface area contributed by atoms with Crippen molar-refractivity contribution in [3.8, 4) is 5.69 Å². The molecule has 4 aromatic heterocycles. The zero-order valence-electron chi connectivity index (χ0n) is 32.3. The predicted octanol–water partition coefficient (Wildman–Crippen LogP) is 15.6. The molecule has 0 aliphatic rings. The maximum Gasteiger partial charge on any atom is 0.136 e. The Morgan fingerprint density at radius 3 is 1.63 bits per heavy atom. The van der Waals surface area contributed by atoms with Gasteiger partial charge >= 0.3 is 0 Å². The fraction of sp³-hybridized carbons (Fsp3) is 0. The van der Waals surface area contributed by atoms with E-state index in [-0.39, 0.29) is 0 Å². The number of fused-ring (bicyclic) bond motifs is 15. The number of anilines is 3. The molecule has 278 valence electrons. The zero-order chi connectivity index (χ0) is 39.1. The Bertz CT molecular complexity index is 3970. The van der Waals surface area contributed by atoms with E-state index in [1.807, 2.05) is 0 Å². The quantitative estimate of drug-likeness (QED) is 0.178. The van der Waals surface area contributed by atoms with Gasteiger partial charge in [0.05, 0.1) is 27.6 Å². The summed E-state index contributed by atoms with van der Waals surface area (Å²) in [6.45, 7) is 0. The van der Waals surface area contributed by atoms with Crippen LogP contribution in [0.3, 0.4) is 0 Å². The summed E-state index contributed by atoms with van der Waals surface area (Å²) >= 11 is 0. The highest BCUT2D eigenvalue weighted by Crippen LogP contribution is 2.48. The van der Waals surface area contributed by atoms with Gasteiger partial charge in [0.2, 0.25) is 0 Å². The summed E-state index contributed by atoms with van der Waals surface area (Å²) in [5.74, 6) is 0. The van der Waals surface area contributed by atoms with E-state index < -0.39 is 0 Å². The predicted molar refractivity (Wildman–Crippen MR) is 252 cm³/mol. The molecule has 0 aliphatic carbocycles. The number of furan rings is 1. The molecule has 0 saturated carbocycles. The number of nitrogens with zero attached hydrogens (tertiary/aromatic N) is 3. The first kappa shape index (κ1) is 31.9. The Morgan fingerprint density at radius 1 is 0.333 bits per heavy atom. The van der Waals surface area contributed by atoms with Gasteiger partial charge in [0.15, 0.2) is 0 Å². The number of hydrogen-bond donors (Lipinski definition) is 0. The summed E-state index contributed by atoms with van der Waals surface area (Å²) in [7, 11) is 0. The summed E-state index contributed by atoms with van der Waals surface area (Å²) in [5.41, 5.74) is 12.4. The first-order chi connectivity index (χ1) is 29.7. The fourth-order valence-corrected chi connectivity index (χ4v) is 10.4. The number of hydrogen-bond acceptors (Lipinski definition) is 2. The Hall–Kier alpha value is -8.08. The Morgan fingerprint density at radius 2 is 0.917 bits per heavy atom. The Kier molecular flexibility index (Phi) is 6.26. The van der Waals surface area contributed by atoms with Crippen LogP contribution in [0.5, 0.6) is 0 Å². The van der Waals surface area contributed by atoms with Gasteiger partial charge in [-0.25, -0.2) is 0 Å². The van der Waals surface area contributed by atoms with Crippen LogP contribution in [0.4, 0.5) is 17.1 Å². The molecule has 10 aromatic carbocycles. The summed E-state index contributed by atoms with van der Waals surface area (Å²) in [5, 5.41) is 14.6. The van der Waals surface area contributed by atoms with Crippen LogP contribution in [-0.2, 0) is 0 Å². The zero-order valence-corrected chi connectivity index (χ0v) is 32.3. The molecule has 0 aliphatic heterocycles. The highest BCUT2D eigenvalue weighted by Gasteiger charge is 2.24. The SMILES string of the molecule is c1ccc(N(c2ccccc2)c2ccc3cc4c5c6c(cc7c8cc9ccc(-n%10c%11ccccc%11c%11ccccc%11%10)cc9cc8n(c4cc3c2)c75)oc2ccccc26)cc1. The fourth-order valence-electron chi connectivity index (χ4n) is 10.4. The molecule has 4 nitrogen and oxygen atoms in total. The Balaban J connectivity index is 1.08. The van der Waals surface area contributed by atoms with Crippen LogP contribution in [0.2, 0.25) is 0 Å². The molecule has 4 heteroatoms. The average Bonchev–Trinajstić information content (AvgIpc) is 4.03. The van der Waals surface area contributed by atoms with Crippen molar-refractivity contribution >= 4 is 120 Å². The van der Waals surface area contributed by atoms with Crippen LogP contribution in [0.25, 0.3) is 109 Å². The number of aromatic nitrogens is 2. The van der Waals surface area contributed by atoms with Gasteiger partial charge in [0.25, 0.3) is 0 Å². The van der Waals surface area contributed by atoms with E-state index in [1.165, 1.54) is 86.8 Å².